The number of nitrogens with zero attached hydrogens (tertiary/aromatic N) is 3. The molecular weight excluding hydrogens is 304 g/mol. The number of hydrogen-bond acceptors (Lipinski definition) is 6. The monoisotopic (exact) mass is 334 g/mol. The van der Waals surface area contributed by atoms with Gasteiger partial charge in [-0.25, -0.2) is 14.8 Å². The lowest BCUT2D eigenvalue weighted by Crippen LogP contribution is -2.59. The van der Waals surface area contributed by atoms with Gasteiger partial charge in [-0.2, -0.15) is 0 Å². The van der Waals surface area contributed by atoms with Crippen molar-refractivity contribution < 1.29 is 11.0 Å². The van der Waals surface area contributed by atoms with Crippen LogP contribution in [0.5, 0.6) is 0 Å². The Morgan fingerprint density at radius 1 is 1.29 bits per heavy atom. The average Bonchev–Trinajstić information content (AvgIpc) is 2.89. The smallest absolute Gasteiger partial charge is 0.343 e. The van der Waals surface area contributed by atoms with Crippen molar-refractivity contribution in [3.8, 4) is 0 Å². The summed E-state index contributed by atoms with van der Waals surface area (Å²) in [7, 11) is 0. The van der Waals surface area contributed by atoms with Gasteiger partial charge >= 0.3 is 5.97 Å². The van der Waals surface area contributed by atoms with E-state index in [0.29, 0.717) is 24.3 Å². The largest absolute Gasteiger partial charge is 0.460 e. The highest BCUT2D eigenvalue weighted by Crippen LogP contribution is 2.35. The summed E-state index contributed by atoms with van der Waals surface area (Å²) in [5.74, 6) is 1.53. The number of hydrogen-bond donors (Lipinski definition) is 1. The van der Waals surface area contributed by atoms with Gasteiger partial charge in [0.1, 0.15) is 23.8 Å². The van der Waals surface area contributed by atoms with Crippen molar-refractivity contribution in [2.75, 3.05) is 18.1 Å². The number of carbonyl (C=O) groups excluding carboxylic acids is 1. The molecule has 0 saturated carbocycles. The maximum absolute atomic E-state index is 12.4. The van der Waals surface area contributed by atoms with Gasteiger partial charge in [0, 0.05) is 26.0 Å². The van der Waals surface area contributed by atoms with Crippen molar-refractivity contribution in [3.63, 3.8) is 0 Å². The van der Waals surface area contributed by atoms with Gasteiger partial charge in [-0.15, -0.1) is 0 Å². The highest BCUT2D eigenvalue weighted by molar-refractivity contribution is 5.96. The summed E-state index contributed by atoms with van der Waals surface area (Å²) in [5, 5.41) is 3.64. The molecule has 4 rings (SSSR count). The minimum atomic E-state index is -0.284. The second kappa shape index (κ2) is 6.67. The lowest BCUT2D eigenvalue weighted by molar-refractivity contribution is 0.0474. The van der Waals surface area contributed by atoms with Gasteiger partial charge in [0.15, 0.2) is 0 Å². The number of aryl methyl sites for hydroxylation is 1. The molecule has 24 heavy (non-hydrogen) atoms. The third kappa shape index (κ3) is 2.77. The maximum atomic E-state index is 12.4. The molecular formula is C18H30N4O2. The molecule has 6 nitrogen and oxygen atoms in total. The average molecular weight is 334 g/mol. The molecule has 1 unspecified atom stereocenters. The minimum Gasteiger partial charge on any atom is -0.460 e. The first kappa shape index (κ1) is 17.1. The van der Waals surface area contributed by atoms with Crippen LogP contribution in [-0.2, 0) is 4.74 Å². The summed E-state index contributed by atoms with van der Waals surface area (Å²) in [6, 6.07) is 1.05. The lowest BCUT2D eigenvalue weighted by atomic mass is 10.1. The summed E-state index contributed by atoms with van der Waals surface area (Å²) >= 11 is 0. The summed E-state index contributed by atoms with van der Waals surface area (Å²) < 4.78 is 5.53. The SMILES string of the molecule is CC.Cc1nc(C(C)C)nc2c1C(=O)OCC1[C@H]3CC[C@@H](CN21)N3.[HH]. The van der Waals surface area contributed by atoms with Crippen molar-refractivity contribution in [1.82, 2.24) is 15.3 Å². The summed E-state index contributed by atoms with van der Waals surface area (Å²) in [4.78, 5) is 24.0. The van der Waals surface area contributed by atoms with Crippen molar-refractivity contribution in [3.05, 3.63) is 17.1 Å². The van der Waals surface area contributed by atoms with Crippen LogP contribution in [-0.4, -0.2) is 47.2 Å². The van der Waals surface area contributed by atoms with Gasteiger partial charge in [-0.1, -0.05) is 27.7 Å². The zero-order chi connectivity index (χ0) is 17.4. The molecule has 1 N–H and O–H groups in total. The number of esters is 1. The molecule has 3 atom stereocenters. The summed E-state index contributed by atoms with van der Waals surface area (Å²) in [6.07, 6.45) is 2.32. The van der Waals surface area contributed by atoms with Crippen molar-refractivity contribution in [2.45, 2.75) is 71.5 Å². The molecule has 2 saturated heterocycles. The Labute approximate surface area is 145 Å². The van der Waals surface area contributed by atoms with Crippen LogP contribution in [0.3, 0.4) is 0 Å². The zero-order valence-corrected chi connectivity index (χ0v) is 15.3. The predicted molar refractivity (Wildman–Crippen MR) is 95.7 cm³/mol. The number of nitrogens with one attached hydrogen (secondary N) is 1. The van der Waals surface area contributed by atoms with E-state index in [2.05, 4.69) is 29.0 Å². The second-order valence-electron chi connectivity index (χ2n) is 6.89. The predicted octanol–water partition coefficient (Wildman–Crippen LogP) is 2.66. The molecule has 2 bridgehead atoms. The number of anilines is 1. The number of fused-ring (bicyclic) bond motifs is 6. The zero-order valence-electron chi connectivity index (χ0n) is 15.3. The van der Waals surface area contributed by atoms with Crippen LogP contribution in [0.2, 0.25) is 0 Å². The normalized spacial score (nSPS) is 27.7. The van der Waals surface area contributed by atoms with E-state index in [1.807, 2.05) is 20.8 Å². The molecule has 1 aromatic heterocycles. The van der Waals surface area contributed by atoms with E-state index in [9.17, 15) is 4.79 Å². The third-order valence-corrected chi connectivity index (χ3v) is 5.02. The molecule has 3 aliphatic heterocycles. The first-order chi connectivity index (χ1) is 11.5. The molecule has 4 heterocycles. The van der Waals surface area contributed by atoms with E-state index in [1.165, 1.54) is 6.42 Å². The number of ether oxygens (including phenoxy) is 1. The van der Waals surface area contributed by atoms with E-state index < -0.39 is 0 Å². The Hall–Kier alpha value is -1.69. The molecule has 6 heteroatoms. The Balaban J connectivity index is 0.000000726. The van der Waals surface area contributed by atoms with Crippen LogP contribution in [0.15, 0.2) is 0 Å². The topological polar surface area (TPSA) is 67.3 Å². The highest BCUT2D eigenvalue weighted by atomic mass is 16.5. The number of piperazine rings is 1. The minimum absolute atomic E-state index is 0. The Morgan fingerprint density at radius 3 is 2.75 bits per heavy atom. The fourth-order valence-electron chi connectivity index (χ4n) is 3.85. The Kier molecular flexibility index (Phi) is 4.76. The summed E-state index contributed by atoms with van der Waals surface area (Å²) in [6.45, 7) is 11.4. The van der Waals surface area contributed by atoms with E-state index in [0.717, 1.165) is 30.3 Å². The number of aromatic nitrogens is 2. The molecule has 1 aromatic rings. The van der Waals surface area contributed by atoms with Gasteiger partial charge in [0.2, 0.25) is 0 Å². The van der Waals surface area contributed by atoms with E-state index >= 15 is 0 Å². The molecule has 134 valence electrons. The Bertz CT molecular complexity index is 638. The number of cyclic esters (lactones) is 1. The van der Waals surface area contributed by atoms with Crippen molar-refractivity contribution in [2.24, 2.45) is 0 Å². The van der Waals surface area contributed by atoms with Gasteiger partial charge in [-0.05, 0) is 19.8 Å². The summed E-state index contributed by atoms with van der Waals surface area (Å²) in [5.41, 5.74) is 1.28. The number of rotatable bonds is 1. The Morgan fingerprint density at radius 2 is 2.04 bits per heavy atom. The lowest BCUT2D eigenvalue weighted by Gasteiger charge is -2.40. The molecule has 0 aliphatic carbocycles. The third-order valence-electron chi connectivity index (χ3n) is 5.02. The first-order valence-electron chi connectivity index (χ1n) is 9.13. The van der Waals surface area contributed by atoms with Gasteiger partial charge in [0.05, 0.1) is 11.7 Å². The van der Waals surface area contributed by atoms with Crippen LogP contribution < -0.4 is 10.2 Å². The molecule has 0 spiro atoms. The van der Waals surface area contributed by atoms with Crippen LogP contribution >= 0.6 is 0 Å². The molecule has 2 fully saturated rings. The van der Waals surface area contributed by atoms with Gasteiger partial charge in [-0.3, -0.25) is 0 Å². The van der Waals surface area contributed by atoms with Crippen LogP contribution in [0.1, 0.15) is 69.8 Å². The van der Waals surface area contributed by atoms with E-state index in [4.69, 9.17) is 9.72 Å². The van der Waals surface area contributed by atoms with Crippen LogP contribution in [0.25, 0.3) is 0 Å². The molecule has 0 amide bonds. The molecule has 0 radical (unpaired) electrons. The molecule has 3 aliphatic rings. The van der Waals surface area contributed by atoms with Gasteiger partial charge in [0.25, 0.3) is 0 Å². The number of carbonyl (C=O) groups is 1. The quantitative estimate of drug-likeness (QED) is 0.797. The second-order valence-corrected chi connectivity index (χ2v) is 6.89. The first-order valence-corrected chi connectivity index (χ1v) is 9.13. The fraction of sp³-hybridized carbons (Fsp3) is 0.722. The van der Waals surface area contributed by atoms with Crippen LogP contribution in [0.4, 0.5) is 5.82 Å². The van der Waals surface area contributed by atoms with Crippen molar-refractivity contribution in [1.29, 1.82) is 0 Å². The standard InChI is InChI=1S/C16H22N4O2.C2H6.H2/c1-8(2)14-17-9(3)13-15(19-14)20-6-10-4-5-11(18-10)12(20)7-22-16(13)21;1-2;/h8,10-12,18H,4-7H2,1-3H3;1-2H3;1H/t10-,11+,12?;;/m0../s1. The highest BCUT2D eigenvalue weighted by Gasteiger charge is 2.44. The molecule has 0 aromatic carbocycles. The van der Waals surface area contributed by atoms with E-state index in [1.54, 1.807) is 0 Å². The van der Waals surface area contributed by atoms with Gasteiger partial charge < -0.3 is 15.0 Å². The van der Waals surface area contributed by atoms with E-state index in [-0.39, 0.29) is 19.4 Å². The van der Waals surface area contributed by atoms with Crippen molar-refractivity contribution >= 4 is 11.8 Å². The fourth-order valence-corrected chi connectivity index (χ4v) is 3.85. The van der Waals surface area contributed by atoms with Crippen LogP contribution in [0, 0.1) is 6.92 Å². The maximum Gasteiger partial charge on any atom is 0.343 e.